The molecule has 0 unspecified atom stereocenters. The first-order chi connectivity index (χ1) is 10.3. The van der Waals surface area contributed by atoms with Crippen molar-refractivity contribution in [1.82, 2.24) is 0 Å². The lowest BCUT2D eigenvalue weighted by atomic mass is 10.0. The van der Waals surface area contributed by atoms with E-state index in [0.29, 0.717) is 18.5 Å². The summed E-state index contributed by atoms with van der Waals surface area (Å²) in [7, 11) is 0. The van der Waals surface area contributed by atoms with Crippen molar-refractivity contribution in [3.63, 3.8) is 0 Å². The van der Waals surface area contributed by atoms with Gasteiger partial charge in [-0.1, -0.05) is 24.3 Å². The summed E-state index contributed by atoms with van der Waals surface area (Å²) in [6, 6.07) is 13.9. The van der Waals surface area contributed by atoms with Crippen LogP contribution in [0, 0.1) is 0 Å². The van der Waals surface area contributed by atoms with Gasteiger partial charge in [-0.15, -0.1) is 0 Å². The van der Waals surface area contributed by atoms with Gasteiger partial charge in [0.1, 0.15) is 0 Å². The Kier molecular flexibility index (Phi) is 4.02. The average Bonchev–Trinajstić information content (AvgIpc) is 2.95. The third-order valence-electron chi connectivity index (χ3n) is 4.03. The standard InChI is InChI=1S/C18H20N2O/c19-11-10-14-4-1-2-7-17(14)18(21)20-16-9-8-13-5-3-6-15(13)12-16/h1-2,4,7-9,12H,3,5-6,10-11,19H2,(H,20,21). The molecule has 0 bridgehead atoms. The Balaban J connectivity index is 1.80. The summed E-state index contributed by atoms with van der Waals surface area (Å²) < 4.78 is 0. The monoisotopic (exact) mass is 280 g/mol. The molecule has 1 aliphatic rings. The Hall–Kier alpha value is -2.13. The van der Waals surface area contributed by atoms with Gasteiger partial charge in [0.15, 0.2) is 0 Å². The molecule has 1 amide bonds. The Morgan fingerprint density at radius 1 is 1.10 bits per heavy atom. The van der Waals surface area contributed by atoms with Crippen molar-refractivity contribution in [2.45, 2.75) is 25.7 Å². The lowest BCUT2D eigenvalue weighted by Crippen LogP contribution is -2.16. The molecular formula is C18H20N2O. The number of rotatable bonds is 4. The molecule has 0 radical (unpaired) electrons. The van der Waals surface area contributed by atoms with E-state index < -0.39 is 0 Å². The number of nitrogens with one attached hydrogen (secondary N) is 1. The highest BCUT2D eigenvalue weighted by molar-refractivity contribution is 6.05. The minimum atomic E-state index is -0.0583. The average molecular weight is 280 g/mol. The lowest BCUT2D eigenvalue weighted by molar-refractivity contribution is 0.102. The molecule has 0 atom stereocenters. The van der Waals surface area contributed by atoms with Crippen LogP contribution in [0.5, 0.6) is 0 Å². The fraction of sp³-hybridized carbons (Fsp3) is 0.278. The summed E-state index contributed by atoms with van der Waals surface area (Å²) in [5.41, 5.74) is 11.0. The number of aryl methyl sites for hydroxylation is 2. The van der Waals surface area contributed by atoms with Gasteiger partial charge >= 0.3 is 0 Å². The number of hydrogen-bond acceptors (Lipinski definition) is 2. The van der Waals surface area contributed by atoms with Gasteiger partial charge in [0.25, 0.3) is 5.91 Å². The third kappa shape index (κ3) is 2.98. The Morgan fingerprint density at radius 2 is 1.90 bits per heavy atom. The van der Waals surface area contributed by atoms with Gasteiger partial charge in [-0.3, -0.25) is 4.79 Å². The second-order valence-electron chi connectivity index (χ2n) is 5.49. The van der Waals surface area contributed by atoms with Crippen molar-refractivity contribution in [3.05, 3.63) is 64.7 Å². The van der Waals surface area contributed by atoms with Gasteiger partial charge in [-0.25, -0.2) is 0 Å². The molecule has 0 saturated heterocycles. The minimum absolute atomic E-state index is 0.0583. The number of anilines is 1. The van der Waals surface area contributed by atoms with E-state index in [-0.39, 0.29) is 5.91 Å². The topological polar surface area (TPSA) is 55.1 Å². The molecule has 3 rings (SSSR count). The number of carbonyl (C=O) groups is 1. The second kappa shape index (κ2) is 6.10. The van der Waals surface area contributed by atoms with Crippen LogP contribution in [0.4, 0.5) is 5.69 Å². The van der Waals surface area contributed by atoms with E-state index in [1.165, 1.54) is 17.5 Å². The summed E-state index contributed by atoms with van der Waals surface area (Å²) in [6.07, 6.45) is 4.20. The maximum Gasteiger partial charge on any atom is 0.255 e. The molecular weight excluding hydrogens is 260 g/mol. The van der Waals surface area contributed by atoms with Crippen molar-refractivity contribution in [1.29, 1.82) is 0 Å². The fourth-order valence-corrected chi connectivity index (χ4v) is 2.96. The predicted molar refractivity (Wildman–Crippen MR) is 85.6 cm³/mol. The van der Waals surface area contributed by atoms with Crippen LogP contribution in [0.1, 0.15) is 33.5 Å². The highest BCUT2D eigenvalue weighted by Crippen LogP contribution is 2.25. The molecule has 3 nitrogen and oxygen atoms in total. The normalized spacial score (nSPS) is 13.0. The second-order valence-corrected chi connectivity index (χ2v) is 5.49. The van der Waals surface area contributed by atoms with Gasteiger partial charge in [-0.2, -0.15) is 0 Å². The van der Waals surface area contributed by atoms with Crippen LogP contribution in [-0.2, 0) is 19.3 Å². The Labute approximate surface area is 125 Å². The molecule has 0 spiro atoms. The zero-order valence-corrected chi connectivity index (χ0v) is 12.1. The van der Waals surface area contributed by atoms with Crippen LogP contribution in [0.25, 0.3) is 0 Å². The van der Waals surface area contributed by atoms with Crippen molar-refractivity contribution in [2.24, 2.45) is 5.73 Å². The van der Waals surface area contributed by atoms with E-state index in [0.717, 1.165) is 24.1 Å². The van der Waals surface area contributed by atoms with Gasteiger partial charge in [0.05, 0.1) is 0 Å². The smallest absolute Gasteiger partial charge is 0.255 e. The van der Waals surface area contributed by atoms with Gasteiger partial charge < -0.3 is 11.1 Å². The third-order valence-corrected chi connectivity index (χ3v) is 4.03. The highest BCUT2D eigenvalue weighted by Gasteiger charge is 2.14. The molecule has 3 N–H and O–H groups in total. The summed E-state index contributed by atoms with van der Waals surface area (Å²) in [5.74, 6) is -0.0583. The van der Waals surface area contributed by atoms with Crippen LogP contribution in [0.2, 0.25) is 0 Å². The van der Waals surface area contributed by atoms with Crippen molar-refractivity contribution in [3.8, 4) is 0 Å². The first-order valence-corrected chi connectivity index (χ1v) is 7.49. The Morgan fingerprint density at radius 3 is 2.76 bits per heavy atom. The fourth-order valence-electron chi connectivity index (χ4n) is 2.96. The quantitative estimate of drug-likeness (QED) is 0.904. The van der Waals surface area contributed by atoms with Gasteiger partial charge in [0.2, 0.25) is 0 Å². The van der Waals surface area contributed by atoms with Gasteiger partial charge in [-0.05, 0) is 67.1 Å². The number of carbonyl (C=O) groups excluding carboxylic acids is 1. The summed E-state index contributed by atoms with van der Waals surface area (Å²) in [5, 5.41) is 3.01. The summed E-state index contributed by atoms with van der Waals surface area (Å²) >= 11 is 0. The molecule has 2 aromatic carbocycles. The van der Waals surface area contributed by atoms with Crippen molar-refractivity contribution < 1.29 is 4.79 Å². The van der Waals surface area contributed by atoms with Crippen LogP contribution >= 0.6 is 0 Å². The minimum Gasteiger partial charge on any atom is -0.330 e. The van der Waals surface area contributed by atoms with E-state index in [2.05, 4.69) is 17.4 Å². The lowest BCUT2D eigenvalue weighted by Gasteiger charge is -2.10. The van der Waals surface area contributed by atoms with E-state index >= 15 is 0 Å². The van der Waals surface area contributed by atoms with E-state index in [1.54, 1.807) is 0 Å². The molecule has 1 aliphatic carbocycles. The molecule has 108 valence electrons. The van der Waals surface area contributed by atoms with Crippen molar-refractivity contribution in [2.75, 3.05) is 11.9 Å². The largest absolute Gasteiger partial charge is 0.330 e. The molecule has 21 heavy (non-hydrogen) atoms. The van der Waals surface area contributed by atoms with E-state index in [4.69, 9.17) is 5.73 Å². The molecule has 2 aromatic rings. The van der Waals surface area contributed by atoms with E-state index in [9.17, 15) is 4.79 Å². The van der Waals surface area contributed by atoms with Crippen LogP contribution in [0.15, 0.2) is 42.5 Å². The molecule has 0 heterocycles. The molecule has 0 saturated carbocycles. The predicted octanol–water partition coefficient (Wildman–Crippen LogP) is 2.93. The Bertz CT molecular complexity index is 664. The first kappa shape index (κ1) is 13.8. The summed E-state index contributed by atoms with van der Waals surface area (Å²) in [4.78, 5) is 12.5. The molecule has 0 fully saturated rings. The number of nitrogens with two attached hydrogens (primary N) is 1. The molecule has 3 heteroatoms. The SMILES string of the molecule is NCCc1ccccc1C(=O)Nc1ccc2c(c1)CCC2. The number of amides is 1. The molecule has 0 aliphatic heterocycles. The highest BCUT2D eigenvalue weighted by atomic mass is 16.1. The number of hydrogen-bond donors (Lipinski definition) is 2. The zero-order chi connectivity index (χ0) is 14.7. The van der Waals surface area contributed by atoms with Crippen LogP contribution in [0.3, 0.4) is 0 Å². The number of fused-ring (bicyclic) bond motifs is 1. The number of benzene rings is 2. The van der Waals surface area contributed by atoms with Gasteiger partial charge in [0, 0.05) is 11.3 Å². The molecule has 0 aromatic heterocycles. The van der Waals surface area contributed by atoms with E-state index in [1.807, 2.05) is 30.3 Å². The first-order valence-electron chi connectivity index (χ1n) is 7.49. The maximum atomic E-state index is 12.5. The summed E-state index contributed by atoms with van der Waals surface area (Å²) in [6.45, 7) is 0.545. The maximum absolute atomic E-state index is 12.5. The van der Waals surface area contributed by atoms with Crippen molar-refractivity contribution >= 4 is 11.6 Å². The van der Waals surface area contributed by atoms with Crippen LogP contribution < -0.4 is 11.1 Å². The van der Waals surface area contributed by atoms with Crippen LogP contribution in [-0.4, -0.2) is 12.5 Å². The zero-order valence-electron chi connectivity index (χ0n) is 12.1.